The molecule has 0 radical (unpaired) electrons. The zero-order valence-electron chi connectivity index (χ0n) is 12.4. The minimum atomic E-state index is -0.614. The van der Waals surface area contributed by atoms with Crippen LogP contribution < -0.4 is 5.32 Å². The normalized spacial score (nSPS) is 21.1. The Morgan fingerprint density at radius 3 is 2.90 bits per heavy atom. The van der Waals surface area contributed by atoms with Crippen LogP contribution in [0.15, 0.2) is 22.8 Å². The molecule has 6 nitrogen and oxygen atoms in total. The standard InChI is InChI=1S/C15H22N2O4/c1-10(18)9-12-5-3-7-17(12)15(20)11(2)16-14(19)13-6-4-8-21-13/h4,6,8,10-12,18H,3,5,7,9H2,1-2H3,(H,16,19). The lowest BCUT2D eigenvalue weighted by Crippen LogP contribution is -2.49. The molecule has 0 saturated carbocycles. The summed E-state index contributed by atoms with van der Waals surface area (Å²) in [6, 6.07) is 2.62. The second-order valence-electron chi connectivity index (χ2n) is 5.58. The quantitative estimate of drug-likeness (QED) is 0.853. The number of nitrogens with zero attached hydrogens (tertiary/aromatic N) is 1. The van der Waals surface area contributed by atoms with Gasteiger partial charge in [-0.2, -0.15) is 0 Å². The predicted octanol–water partition coefficient (Wildman–Crippen LogP) is 1.16. The first-order valence-corrected chi connectivity index (χ1v) is 7.32. The van der Waals surface area contributed by atoms with Gasteiger partial charge in [-0.1, -0.05) is 0 Å². The molecule has 0 aromatic carbocycles. The average Bonchev–Trinajstić information content (AvgIpc) is 3.07. The smallest absolute Gasteiger partial charge is 0.287 e. The zero-order chi connectivity index (χ0) is 15.4. The van der Waals surface area contributed by atoms with Crippen LogP contribution in [0.5, 0.6) is 0 Å². The monoisotopic (exact) mass is 294 g/mol. The van der Waals surface area contributed by atoms with Gasteiger partial charge in [0.2, 0.25) is 5.91 Å². The largest absolute Gasteiger partial charge is 0.459 e. The van der Waals surface area contributed by atoms with E-state index in [9.17, 15) is 14.7 Å². The summed E-state index contributed by atoms with van der Waals surface area (Å²) < 4.78 is 5.01. The number of amides is 2. The topological polar surface area (TPSA) is 82.8 Å². The number of carbonyl (C=O) groups excluding carboxylic acids is 2. The van der Waals surface area contributed by atoms with E-state index in [0.29, 0.717) is 13.0 Å². The number of carbonyl (C=O) groups is 2. The molecule has 1 saturated heterocycles. The van der Waals surface area contributed by atoms with E-state index in [-0.39, 0.29) is 17.7 Å². The Balaban J connectivity index is 1.94. The maximum absolute atomic E-state index is 12.4. The van der Waals surface area contributed by atoms with Gasteiger partial charge in [0.05, 0.1) is 12.4 Å². The van der Waals surface area contributed by atoms with Crippen molar-refractivity contribution in [1.29, 1.82) is 0 Å². The molecule has 0 spiro atoms. The highest BCUT2D eigenvalue weighted by Crippen LogP contribution is 2.22. The van der Waals surface area contributed by atoms with Gasteiger partial charge in [0, 0.05) is 12.6 Å². The van der Waals surface area contributed by atoms with Crippen molar-refractivity contribution in [2.75, 3.05) is 6.54 Å². The molecule has 0 aliphatic carbocycles. The molecule has 3 unspecified atom stereocenters. The molecule has 1 aromatic rings. The van der Waals surface area contributed by atoms with Gasteiger partial charge >= 0.3 is 0 Å². The van der Waals surface area contributed by atoms with Crippen LogP contribution in [0.1, 0.15) is 43.7 Å². The van der Waals surface area contributed by atoms with Crippen molar-refractivity contribution in [3.63, 3.8) is 0 Å². The molecule has 21 heavy (non-hydrogen) atoms. The number of nitrogens with one attached hydrogen (secondary N) is 1. The molecular weight excluding hydrogens is 272 g/mol. The highest BCUT2D eigenvalue weighted by atomic mass is 16.3. The number of hydrogen-bond donors (Lipinski definition) is 2. The third-order valence-electron chi connectivity index (χ3n) is 3.74. The van der Waals surface area contributed by atoms with Crippen LogP contribution in [0.3, 0.4) is 0 Å². The molecule has 2 rings (SSSR count). The summed E-state index contributed by atoms with van der Waals surface area (Å²) in [6.07, 6.45) is 3.39. The van der Waals surface area contributed by atoms with Crippen molar-refractivity contribution in [3.8, 4) is 0 Å². The molecule has 1 aliphatic heterocycles. The van der Waals surface area contributed by atoms with Crippen LogP contribution in [-0.2, 0) is 4.79 Å². The molecule has 6 heteroatoms. The summed E-state index contributed by atoms with van der Waals surface area (Å²) in [4.78, 5) is 26.1. The fourth-order valence-corrected chi connectivity index (χ4v) is 2.75. The van der Waals surface area contributed by atoms with E-state index >= 15 is 0 Å². The van der Waals surface area contributed by atoms with Crippen molar-refractivity contribution >= 4 is 11.8 Å². The van der Waals surface area contributed by atoms with Crippen molar-refractivity contribution in [2.24, 2.45) is 0 Å². The Bertz CT molecular complexity index is 484. The molecule has 116 valence electrons. The number of likely N-dealkylation sites (tertiary alicyclic amines) is 1. The Labute approximate surface area is 124 Å². The molecule has 0 bridgehead atoms. The van der Waals surface area contributed by atoms with Crippen molar-refractivity contribution in [3.05, 3.63) is 24.2 Å². The number of aliphatic hydroxyl groups excluding tert-OH is 1. The fourth-order valence-electron chi connectivity index (χ4n) is 2.75. The molecule has 2 N–H and O–H groups in total. The Morgan fingerprint density at radius 1 is 1.52 bits per heavy atom. The van der Waals surface area contributed by atoms with Crippen LogP contribution >= 0.6 is 0 Å². The van der Waals surface area contributed by atoms with Crippen molar-refractivity contribution < 1.29 is 19.1 Å². The third-order valence-corrected chi connectivity index (χ3v) is 3.74. The van der Waals surface area contributed by atoms with Crippen molar-refractivity contribution in [2.45, 2.75) is 51.3 Å². The highest BCUT2D eigenvalue weighted by Gasteiger charge is 2.32. The van der Waals surface area contributed by atoms with Gasteiger partial charge in [0.1, 0.15) is 6.04 Å². The number of aliphatic hydroxyl groups is 1. The van der Waals surface area contributed by atoms with E-state index in [1.165, 1.54) is 6.26 Å². The van der Waals surface area contributed by atoms with Gasteiger partial charge in [-0.05, 0) is 45.2 Å². The van der Waals surface area contributed by atoms with Crippen molar-refractivity contribution in [1.82, 2.24) is 10.2 Å². The molecule has 1 fully saturated rings. The van der Waals surface area contributed by atoms with Gasteiger partial charge in [-0.3, -0.25) is 9.59 Å². The van der Waals surface area contributed by atoms with Gasteiger partial charge in [0.15, 0.2) is 5.76 Å². The van der Waals surface area contributed by atoms with E-state index in [0.717, 1.165) is 12.8 Å². The summed E-state index contributed by atoms with van der Waals surface area (Å²) in [5.41, 5.74) is 0. The van der Waals surface area contributed by atoms with E-state index in [1.807, 2.05) is 0 Å². The second-order valence-corrected chi connectivity index (χ2v) is 5.58. The number of furan rings is 1. The minimum absolute atomic E-state index is 0.0560. The van der Waals surface area contributed by atoms with E-state index in [4.69, 9.17) is 4.42 Å². The van der Waals surface area contributed by atoms with E-state index in [2.05, 4.69) is 5.32 Å². The summed E-state index contributed by atoms with van der Waals surface area (Å²) in [6.45, 7) is 4.07. The third kappa shape index (κ3) is 3.85. The predicted molar refractivity (Wildman–Crippen MR) is 76.7 cm³/mol. The summed E-state index contributed by atoms with van der Waals surface area (Å²) in [7, 11) is 0. The molecular formula is C15H22N2O4. The van der Waals surface area contributed by atoms with Gasteiger partial charge in [-0.15, -0.1) is 0 Å². The lowest BCUT2D eigenvalue weighted by atomic mass is 10.1. The van der Waals surface area contributed by atoms with Crippen LogP contribution in [0, 0.1) is 0 Å². The van der Waals surface area contributed by atoms with E-state index in [1.54, 1.807) is 30.9 Å². The molecule has 3 atom stereocenters. The SMILES string of the molecule is CC(O)CC1CCCN1C(=O)C(C)NC(=O)c1ccco1. The van der Waals surface area contributed by atoms with Gasteiger partial charge in [-0.25, -0.2) is 0 Å². The number of hydrogen-bond acceptors (Lipinski definition) is 4. The van der Waals surface area contributed by atoms with E-state index < -0.39 is 18.1 Å². The zero-order valence-corrected chi connectivity index (χ0v) is 12.4. The lowest BCUT2D eigenvalue weighted by Gasteiger charge is -2.28. The maximum atomic E-state index is 12.4. The van der Waals surface area contributed by atoms with Crippen LogP contribution in [0.25, 0.3) is 0 Å². The Kier molecular flexibility index (Phi) is 5.01. The molecule has 1 aromatic heterocycles. The van der Waals surface area contributed by atoms with Crippen LogP contribution in [0.2, 0.25) is 0 Å². The lowest BCUT2D eigenvalue weighted by molar-refractivity contribution is -0.134. The first-order valence-electron chi connectivity index (χ1n) is 7.32. The maximum Gasteiger partial charge on any atom is 0.287 e. The van der Waals surface area contributed by atoms with Gasteiger partial charge < -0.3 is 19.7 Å². The molecule has 2 amide bonds. The Hall–Kier alpha value is -1.82. The second kappa shape index (κ2) is 6.76. The molecule has 1 aliphatic rings. The average molecular weight is 294 g/mol. The summed E-state index contributed by atoms with van der Waals surface area (Å²) in [5, 5.41) is 12.1. The highest BCUT2D eigenvalue weighted by molar-refractivity contribution is 5.95. The fraction of sp³-hybridized carbons (Fsp3) is 0.600. The van der Waals surface area contributed by atoms with Crippen LogP contribution in [0.4, 0.5) is 0 Å². The summed E-state index contributed by atoms with van der Waals surface area (Å²) >= 11 is 0. The minimum Gasteiger partial charge on any atom is -0.459 e. The first kappa shape index (κ1) is 15.6. The molecule has 2 heterocycles. The first-order chi connectivity index (χ1) is 9.99. The number of rotatable bonds is 5. The Morgan fingerprint density at radius 2 is 2.29 bits per heavy atom. The van der Waals surface area contributed by atoms with Crippen LogP contribution in [-0.4, -0.2) is 46.6 Å². The summed E-state index contributed by atoms with van der Waals surface area (Å²) in [5.74, 6) is -0.318. The van der Waals surface area contributed by atoms with Gasteiger partial charge in [0.25, 0.3) is 5.91 Å².